The Hall–Kier alpha value is -0.120. The SMILES string of the molecule is CCc1cc(CCI)ccc1F. The van der Waals surface area contributed by atoms with E-state index in [4.69, 9.17) is 0 Å². The van der Waals surface area contributed by atoms with Gasteiger partial charge in [0.05, 0.1) is 0 Å². The van der Waals surface area contributed by atoms with Gasteiger partial charge in [-0.1, -0.05) is 41.6 Å². The van der Waals surface area contributed by atoms with E-state index in [9.17, 15) is 4.39 Å². The summed E-state index contributed by atoms with van der Waals surface area (Å²) in [4.78, 5) is 0. The highest BCUT2D eigenvalue weighted by Crippen LogP contribution is 2.12. The van der Waals surface area contributed by atoms with Crippen molar-refractivity contribution in [3.8, 4) is 0 Å². The van der Waals surface area contributed by atoms with Crippen LogP contribution in [0.5, 0.6) is 0 Å². The van der Waals surface area contributed by atoms with Crippen LogP contribution in [0.25, 0.3) is 0 Å². The van der Waals surface area contributed by atoms with Crippen molar-refractivity contribution >= 4 is 22.6 Å². The molecule has 0 saturated carbocycles. The van der Waals surface area contributed by atoms with E-state index in [1.54, 1.807) is 6.07 Å². The highest BCUT2D eigenvalue weighted by Gasteiger charge is 2.00. The van der Waals surface area contributed by atoms with Crippen molar-refractivity contribution in [2.24, 2.45) is 0 Å². The van der Waals surface area contributed by atoms with Gasteiger partial charge in [-0.25, -0.2) is 4.39 Å². The summed E-state index contributed by atoms with van der Waals surface area (Å²) >= 11 is 2.33. The summed E-state index contributed by atoms with van der Waals surface area (Å²) in [5.74, 6) is -0.0743. The van der Waals surface area contributed by atoms with E-state index in [0.29, 0.717) is 0 Å². The van der Waals surface area contributed by atoms with Gasteiger partial charge >= 0.3 is 0 Å². The number of hydrogen-bond donors (Lipinski definition) is 0. The Balaban J connectivity index is 2.89. The lowest BCUT2D eigenvalue weighted by atomic mass is 10.1. The molecule has 0 aliphatic carbocycles. The summed E-state index contributed by atoms with van der Waals surface area (Å²) in [6.45, 7) is 1.98. The van der Waals surface area contributed by atoms with E-state index in [1.807, 2.05) is 19.1 Å². The third-order valence-corrected chi connectivity index (χ3v) is 2.41. The fraction of sp³-hybridized carbons (Fsp3) is 0.400. The zero-order valence-corrected chi connectivity index (χ0v) is 9.27. The molecule has 1 rings (SSSR count). The first kappa shape index (κ1) is 9.96. The molecule has 0 fully saturated rings. The van der Waals surface area contributed by atoms with E-state index < -0.39 is 0 Å². The maximum absolute atomic E-state index is 13.0. The molecule has 2 heteroatoms. The Labute approximate surface area is 86.3 Å². The van der Waals surface area contributed by atoms with Crippen LogP contribution in [0.4, 0.5) is 4.39 Å². The molecule has 0 amide bonds. The molecule has 1 aromatic carbocycles. The minimum atomic E-state index is -0.0743. The van der Waals surface area contributed by atoms with Crippen LogP contribution in [0, 0.1) is 5.82 Å². The lowest BCUT2D eigenvalue weighted by molar-refractivity contribution is 0.611. The first-order valence-corrected chi connectivity index (χ1v) is 5.63. The highest BCUT2D eigenvalue weighted by molar-refractivity contribution is 14.1. The van der Waals surface area contributed by atoms with Crippen molar-refractivity contribution in [3.05, 3.63) is 35.1 Å². The molecule has 0 aliphatic heterocycles. The normalized spacial score (nSPS) is 10.2. The topological polar surface area (TPSA) is 0 Å². The molecule has 0 aliphatic rings. The fourth-order valence-corrected chi connectivity index (χ4v) is 1.79. The third-order valence-electron chi connectivity index (χ3n) is 1.87. The van der Waals surface area contributed by atoms with Crippen molar-refractivity contribution in [2.45, 2.75) is 19.8 Å². The van der Waals surface area contributed by atoms with Gasteiger partial charge in [-0.15, -0.1) is 0 Å². The number of hydrogen-bond acceptors (Lipinski definition) is 0. The molecule has 0 nitrogen and oxygen atoms in total. The second-order valence-corrected chi connectivity index (χ2v) is 3.80. The van der Waals surface area contributed by atoms with Gasteiger partial charge in [-0.2, -0.15) is 0 Å². The van der Waals surface area contributed by atoms with Crippen LogP contribution in [0.2, 0.25) is 0 Å². The van der Waals surface area contributed by atoms with Gasteiger partial charge in [-0.3, -0.25) is 0 Å². The van der Waals surface area contributed by atoms with Gasteiger partial charge in [0.2, 0.25) is 0 Å². The molecule has 0 aromatic heterocycles. The Morgan fingerprint density at radius 3 is 2.75 bits per heavy atom. The number of aryl methyl sites for hydroxylation is 2. The Bertz CT molecular complexity index is 258. The molecule has 0 spiro atoms. The van der Waals surface area contributed by atoms with Crippen molar-refractivity contribution in [2.75, 3.05) is 4.43 Å². The molecule has 1 aromatic rings. The third kappa shape index (κ3) is 2.44. The van der Waals surface area contributed by atoms with Crippen LogP contribution in [0.15, 0.2) is 18.2 Å². The van der Waals surface area contributed by atoms with Crippen molar-refractivity contribution < 1.29 is 4.39 Å². The second-order valence-electron chi connectivity index (χ2n) is 2.72. The van der Waals surface area contributed by atoms with Gasteiger partial charge in [0.15, 0.2) is 0 Å². The summed E-state index contributed by atoms with van der Waals surface area (Å²) in [5, 5.41) is 0. The monoisotopic (exact) mass is 278 g/mol. The molecule has 0 N–H and O–H groups in total. The molecule has 0 atom stereocenters. The van der Waals surface area contributed by atoms with Gasteiger partial charge in [-0.05, 0) is 30.0 Å². The minimum Gasteiger partial charge on any atom is -0.207 e. The lowest BCUT2D eigenvalue weighted by Gasteiger charge is -2.02. The fourth-order valence-electron chi connectivity index (χ4n) is 1.16. The number of rotatable bonds is 3. The van der Waals surface area contributed by atoms with Gasteiger partial charge in [0.25, 0.3) is 0 Å². The van der Waals surface area contributed by atoms with Crippen LogP contribution in [0.1, 0.15) is 18.1 Å². The summed E-state index contributed by atoms with van der Waals surface area (Å²) in [6, 6.07) is 5.40. The van der Waals surface area contributed by atoms with E-state index in [-0.39, 0.29) is 5.82 Å². The summed E-state index contributed by atoms with van der Waals surface area (Å²) in [5.41, 5.74) is 2.07. The zero-order chi connectivity index (χ0) is 8.97. The van der Waals surface area contributed by atoms with Crippen LogP contribution < -0.4 is 0 Å². The summed E-state index contributed by atoms with van der Waals surface area (Å²) in [7, 11) is 0. The van der Waals surface area contributed by atoms with Crippen molar-refractivity contribution in [1.29, 1.82) is 0 Å². The first-order valence-electron chi connectivity index (χ1n) is 4.11. The minimum absolute atomic E-state index is 0.0743. The number of benzene rings is 1. The van der Waals surface area contributed by atoms with E-state index in [2.05, 4.69) is 22.6 Å². The molecular formula is C10H12FI. The molecule has 0 bridgehead atoms. The molecule has 66 valence electrons. The summed E-state index contributed by atoms with van der Waals surface area (Å²) < 4.78 is 14.1. The average molecular weight is 278 g/mol. The summed E-state index contributed by atoms with van der Waals surface area (Å²) in [6.07, 6.45) is 1.81. The molecular weight excluding hydrogens is 266 g/mol. The van der Waals surface area contributed by atoms with Crippen molar-refractivity contribution in [3.63, 3.8) is 0 Å². The highest BCUT2D eigenvalue weighted by atomic mass is 127. The largest absolute Gasteiger partial charge is 0.207 e. The van der Waals surface area contributed by atoms with Crippen LogP contribution in [-0.2, 0) is 12.8 Å². The maximum atomic E-state index is 13.0. The standard InChI is InChI=1S/C10H12FI/c1-2-9-7-8(5-6-12)3-4-10(9)11/h3-4,7H,2,5-6H2,1H3. The Morgan fingerprint density at radius 1 is 1.42 bits per heavy atom. The lowest BCUT2D eigenvalue weighted by Crippen LogP contribution is -1.92. The average Bonchev–Trinajstić information content (AvgIpc) is 2.09. The molecule has 0 heterocycles. The van der Waals surface area contributed by atoms with Gasteiger partial charge < -0.3 is 0 Å². The number of halogens is 2. The zero-order valence-electron chi connectivity index (χ0n) is 7.11. The van der Waals surface area contributed by atoms with Crippen LogP contribution >= 0.6 is 22.6 Å². The van der Waals surface area contributed by atoms with E-state index >= 15 is 0 Å². The van der Waals surface area contributed by atoms with E-state index in [0.717, 1.165) is 22.8 Å². The van der Waals surface area contributed by atoms with Crippen LogP contribution in [-0.4, -0.2) is 4.43 Å². The molecule has 12 heavy (non-hydrogen) atoms. The predicted octanol–water partition coefficient (Wildman–Crippen LogP) is 3.37. The smallest absolute Gasteiger partial charge is 0.126 e. The van der Waals surface area contributed by atoms with E-state index in [1.165, 1.54) is 5.56 Å². The Morgan fingerprint density at radius 2 is 2.17 bits per heavy atom. The van der Waals surface area contributed by atoms with Crippen molar-refractivity contribution in [1.82, 2.24) is 0 Å². The molecule has 0 unspecified atom stereocenters. The van der Waals surface area contributed by atoms with Gasteiger partial charge in [0, 0.05) is 4.43 Å². The molecule has 0 radical (unpaired) electrons. The predicted molar refractivity (Wildman–Crippen MR) is 58.4 cm³/mol. The Kier molecular flexibility index (Phi) is 3.98. The maximum Gasteiger partial charge on any atom is 0.126 e. The van der Waals surface area contributed by atoms with Gasteiger partial charge in [0.1, 0.15) is 5.82 Å². The first-order chi connectivity index (χ1) is 5.77. The number of alkyl halides is 1. The quantitative estimate of drug-likeness (QED) is 0.587. The molecule has 0 saturated heterocycles. The van der Waals surface area contributed by atoms with Crippen LogP contribution in [0.3, 0.4) is 0 Å². The second kappa shape index (κ2) is 4.80.